The first-order valence-corrected chi connectivity index (χ1v) is 8.25. The van der Waals surface area contributed by atoms with Crippen LogP contribution < -0.4 is 5.32 Å². The lowest BCUT2D eigenvalue weighted by molar-refractivity contribution is -0.117. The maximum Gasteiger partial charge on any atom is 0.262 e. The van der Waals surface area contributed by atoms with Crippen molar-refractivity contribution < 1.29 is 9.90 Å². The van der Waals surface area contributed by atoms with Crippen LogP contribution in [0.4, 0.5) is 0 Å². The van der Waals surface area contributed by atoms with Crippen LogP contribution in [0.1, 0.15) is 24.1 Å². The molecule has 0 saturated heterocycles. The normalized spacial score (nSPS) is 12.3. The highest BCUT2D eigenvalue weighted by atomic mass is 79.9. The average Bonchev–Trinajstić information content (AvgIpc) is 2.58. The number of nitrogens with zero attached hydrogens (tertiary/aromatic N) is 1. The summed E-state index contributed by atoms with van der Waals surface area (Å²) in [5, 5.41) is 21.8. The molecule has 0 heterocycles. The topological polar surface area (TPSA) is 73.1 Å². The van der Waals surface area contributed by atoms with E-state index in [0.29, 0.717) is 10.0 Å². The molecule has 0 bridgehead atoms. The van der Waals surface area contributed by atoms with E-state index < -0.39 is 5.91 Å². The quantitative estimate of drug-likeness (QED) is 0.577. The summed E-state index contributed by atoms with van der Waals surface area (Å²) in [6.07, 6.45) is 1.42. The Morgan fingerprint density at radius 1 is 1.38 bits per heavy atom. The van der Waals surface area contributed by atoms with E-state index in [4.69, 9.17) is 11.6 Å². The van der Waals surface area contributed by atoms with Crippen molar-refractivity contribution in [2.24, 2.45) is 0 Å². The summed E-state index contributed by atoms with van der Waals surface area (Å²) in [6, 6.07) is 14.2. The van der Waals surface area contributed by atoms with Gasteiger partial charge in [0.1, 0.15) is 17.4 Å². The monoisotopic (exact) mass is 404 g/mol. The highest BCUT2D eigenvalue weighted by Gasteiger charge is 2.14. The van der Waals surface area contributed by atoms with Gasteiger partial charge in [0.2, 0.25) is 0 Å². The third-order valence-corrected chi connectivity index (χ3v) is 4.26. The number of nitrogens with one attached hydrogen (secondary N) is 1. The second-order valence-corrected chi connectivity index (χ2v) is 6.37. The molecule has 0 radical (unpaired) electrons. The van der Waals surface area contributed by atoms with Crippen molar-refractivity contribution in [2.45, 2.75) is 13.0 Å². The molecule has 4 nitrogen and oxygen atoms in total. The number of rotatable bonds is 4. The van der Waals surface area contributed by atoms with Crippen LogP contribution in [0.2, 0.25) is 5.02 Å². The molecule has 2 aromatic rings. The minimum absolute atomic E-state index is 0.0496. The fourth-order valence-electron chi connectivity index (χ4n) is 2.08. The van der Waals surface area contributed by atoms with Crippen molar-refractivity contribution in [2.75, 3.05) is 0 Å². The van der Waals surface area contributed by atoms with Gasteiger partial charge in [0, 0.05) is 0 Å². The molecule has 0 aromatic heterocycles. The summed E-state index contributed by atoms with van der Waals surface area (Å²) in [5.41, 5.74) is 1.42. The van der Waals surface area contributed by atoms with E-state index in [1.165, 1.54) is 12.1 Å². The van der Waals surface area contributed by atoms with Gasteiger partial charge in [-0.25, -0.2) is 0 Å². The fraction of sp³-hybridized carbons (Fsp3) is 0.111. The maximum absolute atomic E-state index is 12.3. The van der Waals surface area contributed by atoms with E-state index in [1.54, 1.807) is 6.07 Å². The number of halogens is 2. The van der Waals surface area contributed by atoms with E-state index in [-0.39, 0.29) is 22.4 Å². The van der Waals surface area contributed by atoms with Gasteiger partial charge in [0.25, 0.3) is 5.91 Å². The standard InChI is InChI=1S/C18H14BrClN2O2/c1-11(13-5-3-2-4-6-13)22-18(24)14(10-21)7-12-8-15(19)17(23)16(20)9-12/h2-9,11,23H,1H3,(H,22,24)/b14-7-/t11-/m1/s1. The SMILES string of the molecule is C[C@@H](NC(=O)/C(C#N)=C\c1cc(Cl)c(O)c(Br)c1)c1ccccc1. The Balaban J connectivity index is 2.22. The minimum Gasteiger partial charge on any atom is -0.505 e. The third kappa shape index (κ3) is 4.38. The number of carbonyl (C=O) groups is 1. The maximum atomic E-state index is 12.3. The lowest BCUT2D eigenvalue weighted by Gasteiger charge is -2.13. The van der Waals surface area contributed by atoms with Gasteiger partial charge in [-0.3, -0.25) is 4.79 Å². The molecule has 0 spiro atoms. The van der Waals surface area contributed by atoms with Crippen molar-refractivity contribution >= 4 is 39.5 Å². The van der Waals surface area contributed by atoms with Crippen LogP contribution in [-0.4, -0.2) is 11.0 Å². The first kappa shape index (κ1) is 18.1. The number of carbonyl (C=O) groups excluding carboxylic acids is 1. The number of amides is 1. The molecule has 6 heteroatoms. The average molecular weight is 406 g/mol. The molecule has 0 fully saturated rings. The van der Waals surface area contributed by atoms with Gasteiger partial charge in [0.15, 0.2) is 0 Å². The molecule has 0 saturated carbocycles. The van der Waals surface area contributed by atoms with Gasteiger partial charge in [-0.1, -0.05) is 41.9 Å². The van der Waals surface area contributed by atoms with Gasteiger partial charge in [-0.2, -0.15) is 5.26 Å². The number of phenolic OH excluding ortho intramolecular Hbond substituents is 1. The summed E-state index contributed by atoms with van der Waals surface area (Å²) >= 11 is 9.07. The summed E-state index contributed by atoms with van der Waals surface area (Å²) in [4.78, 5) is 12.3. The lowest BCUT2D eigenvalue weighted by atomic mass is 10.1. The molecule has 122 valence electrons. The van der Waals surface area contributed by atoms with Crippen LogP contribution in [0, 0.1) is 11.3 Å². The van der Waals surface area contributed by atoms with Crippen LogP contribution in [0.25, 0.3) is 6.08 Å². The summed E-state index contributed by atoms with van der Waals surface area (Å²) < 4.78 is 0.386. The molecular weight excluding hydrogens is 392 g/mol. The lowest BCUT2D eigenvalue weighted by Crippen LogP contribution is -2.27. The molecule has 0 aliphatic rings. The first-order chi connectivity index (χ1) is 11.4. The van der Waals surface area contributed by atoms with Crippen LogP contribution in [0.3, 0.4) is 0 Å². The zero-order chi connectivity index (χ0) is 17.7. The highest BCUT2D eigenvalue weighted by molar-refractivity contribution is 9.10. The largest absolute Gasteiger partial charge is 0.505 e. The van der Waals surface area contributed by atoms with E-state index in [1.807, 2.05) is 43.3 Å². The Morgan fingerprint density at radius 3 is 2.62 bits per heavy atom. The van der Waals surface area contributed by atoms with Gasteiger partial charge < -0.3 is 10.4 Å². The minimum atomic E-state index is -0.478. The van der Waals surface area contributed by atoms with E-state index in [9.17, 15) is 15.2 Å². The molecule has 1 atom stereocenters. The second kappa shape index (κ2) is 8.00. The highest BCUT2D eigenvalue weighted by Crippen LogP contribution is 2.33. The van der Waals surface area contributed by atoms with Crippen molar-refractivity contribution in [3.05, 3.63) is 68.7 Å². The van der Waals surface area contributed by atoms with Crippen LogP contribution in [-0.2, 0) is 4.79 Å². The van der Waals surface area contributed by atoms with Gasteiger partial charge in [-0.15, -0.1) is 0 Å². The van der Waals surface area contributed by atoms with Crippen LogP contribution in [0.15, 0.2) is 52.5 Å². The molecule has 0 aliphatic heterocycles. The Bertz CT molecular complexity index is 806. The number of aromatic hydroxyl groups is 1. The van der Waals surface area contributed by atoms with Gasteiger partial charge in [0.05, 0.1) is 15.5 Å². The smallest absolute Gasteiger partial charge is 0.262 e. The van der Waals surface area contributed by atoms with Gasteiger partial charge >= 0.3 is 0 Å². The number of phenols is 1. The van der Waals surface area contributed by atoms with Crippen LogP contribution >= 0.6 is 27.5 Å². The van der Waals surface area contributed by atoms with E-state index in [2.05, 4.69) is 21.2 Å². The van der Waals surface area contributed by atoms with Crippen LogP contribution in [0.5, 0.6) is 5.75 Å². The molecule has 2 rings (SSSR count). The number of hydrogen-bond acceptors (Lipinski definition) is 3. The molecule has 0 aliphatic carbocycles. The molecule has 1 amide bonds. The summed E-state index contributed by atoms with van der Waals surface area (Å²) in [6.45, 7) is 1.84. The van der Waals surface area contributed by atoms with Crippen molar-refractivity contribution in [1.29, 1.82) is 5.26 Å². The number of benzene rings is 2. The Kier molecular flexibility index (Phi) is 6.02. The third-order valence-electron chi connectivity index (χ3n) is 3.36. The Hall–Kier alpha value is -2.29. The molecular formula is C18H14BrClN2O2. The Morgan fingerprint density at radius 2 is 2.04 bits per heavy atom. The number of nitriles is 1. The van der Waals surface area contributed by atoms with Crippen molar-refractivity contribution in [3.8, 4) is 11.8 Å². The van der Waals surface area contributed by atoms with Crippen molar-refractivity contribution in [3.63, 3.8) is 0 Å². The summed E-state index contributed by atoms with van der Waals surface area (Å²) in [5.74, 6) is -0.566. The summed E-state index contributed by atoms with van der Waals surface area (Å²) in [7, 11) is 0. The van der Waals surface area contributed by atoms with Gasteiger partial charge in [-0.05, 0) is 52.2 Å². The van der Waals surface area contributed by atoms with E-state index >= 15 is 0 Å². The molecule has 0 unspecified atom stereocenters. The number of hydrogen-bond donors (Lipinski definition) is 2. The van der Waals surface area contributed by atoms with Crippen molar-refractivity contribution in [1.82, 2.24) is 5.32 Å². The molecule has 24 heavy (non-hydrogen) atoms. The first-order valence-electron chi connectivity index (χ1n) is 7.08. The zero-order valence-corrected chi connectivity index (χ0v) is 15.1. The predicted molar refractivity (Wildman–Crippen MR) is 97.4 cm³/mol. The zero-order valence-electron chi connectivity index (χ0n) is 12.8. The fourth-order valence-corrected chi connectivity index (χ4v) is 2.90. The predicted octanol–water partition coefficient (Wildman–Crippen LogP) is 4.59. The Labute approximate surface area is 153 Å². The van der Waals surface area contributed by atoms with E-state index in [0.717, 1.165) is 5.56 Å². The molecule has 2 N–H and O–H groups in total. The molecule has 2 aromatic carbocycles. The second-order valence-electron chi connectivity index (χ2n) is 5.11.